The Morgan fingerprint density at radius 2 is 1.75 bits per heavy atom. The zero-order chi connectivity index (χ0) is 36.1. The molecule has 7 rings (SSSR count). The molecule has 268 valence electrons. The highest BCUT2D eigenvalue weighted by Crippen LogP contribution is 2.43. The van der Waals surface area contributed by atoms with Gasteiger partial charge in [-0.2, -0.15) is 4.98 Å². The summed E-state index contributed by atoms with van der Waals surface area (Å²) in [5.74, 6) is 1.53. The van der Waals surface area contributed by atoms with Crippen molar-refractivity contribution in [2.45, 2.75) is 71.0 Å². The van der Waals surface area contributed by atoms with Gasteiger partial charge in [0.2, 0.25) is 11.8 Å². The monoisotopic (exact) mass is 711 g/mol. The first-order valence-electron chi connectivity index (χ1n) is 17.4. The summed E-state index contributed by atoms with van der Waals surface area (Å²) in [6.07, 6.45) is 5.06. The molecular formula is C38H45N7O5S. The number of benzene rings is 2. The molecule has 2 aromatic carbocycles. The lowest BCUT2D eigenvalue weighted by Gasteiger charge is -2.44. The van der Waals surface area contributed by atoms with E-state index in [9.17, 15) is 13.2 Å². The summed E-state index contributed by atoms with van der Waals surface area (Å²) in [5.41, 5.74) is 3.97. The van der Waals surface area contributed by atoms with Gasteiger partial charge >= 0.3 is 0 Å². The molecule has 0 radical (unpaired) electrons. The van der Waals surface area contributed by atoms with Crippen molar-refractivity contribution in [3.05, 3.63) is 83.3 Å². The molecule has 2 fully saturated rings. The third-order valence-electron chi connectivity index (χ3n) is 10.2. The largest absolute Gasteiger partial charge is 0.475 e. The van der Waals surface area contributed by atoms with E-state index in [2.05, 4.69) is 45.3 Å². The molecule has 4 atom stereocenters. The molecular weight excluding hydrogens is 667 g/mol. The lowest BCUT2D eigenvalue weighted by molar-refractivity contribution is 0.0509. The number of sulfonamides is 1. The SMILES string of the molecule is Cc1cccc(C)c1-c1cc2nc(n1)NS(=O)(=O)c1cccc(c1)C(=O)N(Cc1cncc(N(C)[C@H]3C[C@@H]4COC[C@@H]43)n1)[C@H](CC(C)(C)C)CO2. The average molecular weight is 712 g/mol. The predicted molar refractivity (Wildman–Crippen MR) is 194 cm³/mol. The van der Waals surface area contributed by atoms with Gasteiger partial charge in [0, 0.05) is 42.8 Å². The standard InChI is InChI=1S/C38H45N7O5S/c1-23-9-7-10-24(2)35(23)31-15-34-42-37(41-31)43-51(47,48)29-12-8-11-25(13-29)36(46)45(28(21-50-34)16-38(3,4)5)19-27-17-39-18-33(40-27)44(6)32-14-26-20-49-22-30(26)32/h7-13,15,17-18,26,28,30,32H,14,16,19-22H2,1-6H3,(H,41,42,43)/t26-,28-,30+,32+/m1/s1. The molecule has 1 saturated carbocycles. The van der Waals surface area contributed by atoms with Gasteiger partial charge in [0.15, 0.2) is 0 Å². The smallest absolute Gasteiger partial charge is 0.264 e. The third-order valence-corrected chi connectivity index (χ3v) is 11.5. The van der Waals surface area contributed by atoms with Crippen molar-refractivity contribution in [3.63, 3.8) is 0 Å². The minimum absolute atomic E-state index is 0.0819. The van der Waals surface area contributed by atoms with Crippen LogP contribution in [0.1, 0.15) is 60.8 Å². The van der Waals surface area contributed by atoms with Gasteiger partial charge in [-0.3, -0.25) is 9.78 Å². The molecule has 4 bridgehead atoms. The second kappa shape index (κ2) is 13.5. The highest BCUT2D eigenvalue weighted by molar-refractivity contribution is 7.92. The van der Waals surface area contributed by atoms with Crippen molar-refractivity contribution in [2.75, 3.05) is 36.5 Å². The first-order chi connectivity index (χ1) is 24.3. The normalized spacial score (nSPS) is 22.7. The van der Waals surface area contributed by atoms with E-state index in [1.54, 1.807) is 35.5 Å². The molecule has 3 aliphatic rings. The quantitative estimate of drug-likeness (QED) is 0.267. The van der Waals surface area contributed by atoms with Crippen molar-refractivity contribution in [1.29, 1.82) is 0 Å². The van der Waals surface area contributed by atoms with Gasteiger partial charge in [0.1, 0.15) is 12.4 Å². The number of hydrogen-bond acceptors (Lipinski definition) is 10. The second-order valence-electron chi connectivity index (χ2n) is 15.2. The van der Waals surface area contributed by atoms with Crippen molar-refractivity contribution in [1.82, 2.24) is 24.8 Å². The van der Waals surface area contributed by atoms with Crippen molar-refractivity contribution in [2.24, 2.45) is 17.3 Å². The van der Waals surface area contributed by atoms with E-state index in [1.807, 2.05) is 39.1 Å². The lowest BCUT2D eigenvalue weighted by atomic mass is 9.71. The van der Waals surface area contributed by atoms with E-state index in [1.165, 1.54) is 12.1 Å². The van der Waals surface area contributed by atoms with Gasteiger partial charge in [0.25, 0.3) is 15.9 Å². The molecule has 1 amide bonds. The summed E-state index contributed by atoms with van der Waals surface area (Å²) in [5, 5.41) is 0. The Morgan fingerprint density at radius 1 is 0.980 bits per heavy atom. The molecule has 4 aromatic rings. The fraction of sp³-hybridized carbons (Fsp3) is 0.447. The van der Waals surface area contributed by atoms with Crippen LogP contribution in [-0.4, -0.2) is 78.1 Å². The first-order valence-corrected chi connectivity index (χ1v) is 18.9. The van der Waals surface area contributed by atoms with Gasteiger partial charge < -0.3 is 19.3 Å². The maximum atomic E-state index is 14.6. The Labute approximate surface area is 299 Å². The third kappa shape index (κ3) is 7.27. The summed E-state index contributed by atoms with van der Waals surface area (Å²) in [6.45, 7) is 12.1. The molecule has 4 heterocycles. The number of nitrogens with one attached hydrogen (secondary N) is 1. The number of carbonyl (C=O) groups excluding carboxylic acids is 1. The zero-order valence-corrected chi connectivity index (χ0v) is 30.8. The molecule has 1 N–H and O–H groups in total. The van der Waals surface area contributed by atoms with Gasteiger partial charge in [-0.25, -0.2) is 23.1 Å². The maximum Gasteiger partial charge on any atom is 0.264 e. The van der Waals surface area contributed by atoms with E-state index < -0.39 is 16.1 Å². The van der Waals surface area contributed by atoms with E-state index in [0.29, 0.717) is 35.7 Å². The number of anilines is 2. The summed E-state index contributed by atoms with van der Waals surface area (Å²) in [4.78, 5) is 37.1. The number of aryl methyl sites for hydroxylation is 2. The Morgan fingerprint density at radius 3 is 2.49 bits per heavy atom. The number of fused-ring (bicyclic) bond motifs is 5. The predicted octanol–water partition coefficient (Wildman–Crippen LogP) is 5.66. The summed E-state index contributed by atoms with van der Waals surface area (Å²) in [7, 11) is -2.15. The van der Waals surface area contributed by atoms with Crippen LogP contribution >= 0.6 is 0 Å². The molecule has 2 aromatic heterocycles. The summed E-state index contributed by atoms with van der Waals surface area (Å²) < 4.78 is 42.2. The average Bonchev–Trinajstić information content (AvgIpc) is 3.44. The topological polar surface area (TPSA) is 140 Å². The number of rotatable bonds is 6. The number of amides is 1. The molecule has 13 heteroatoms. The van der Waals surface area contributed by atoms with E-state index >= 15 is 0 Å². The summed E-state index contributed by atoms with van der Waals surface area (Å²) in [6, 6.07) is 13.6. The Bertz CT molecular complexity index is 2050. The highest BCUT2D eigenvalue weighted by Gasteiger charge is 2.47. The van der Waals surface area contributed by atoms with Crippen LogP contribution in [0.2, 0.25) is 0 Å². The van der Waals surface area contributed by atoms with Crippen LogP contribution in [-0.2, 0) is 21.3 Å². The van der Waals surface area contributed by atoms with Crippen LogP contribution in [0.4, 0.5) is 11.8 Å². The minimum atomic E-state index is -4.18. The molecule has 0 unspecified atom stereocenters. The number of ether oxygens (including phenoxy) is 2. The van der Waals surface area contributed by atoms with Crippen molar-refractivity contribution < 1.29 is 22.7 Å². The Kier molecular flexibility index (Phi) is 9.21. The Balaban J connectivity index is 1.29. The Hall–Kier alpha value is -4.62. The number of nitrogens with zero attached hydrogens (tertiary/aromatic N) is 6. The van der Waals surface area contributed by atoms with Crippen LogP contribution < -0.4 is 14.4 Å². The fourth-order valence-corrected chi connectivity index (χ4v) is 8.54. The number of carbonyl (C=O) groups is 1. The van der Waals surface area contributed by atoms with Crippen molar-refractivity contribution in [3.8, 4) is 17.1 Å². The summed E-state index contributed by atoms with van der Waals surface area (Å²) >= 11 is 0. The lowest BCUT2D eigenvalue weighted by Crippen LogP contribution is -2.51. The molecule has 0 spiro atoms. The van der Waals surface area contributed by atoms with E-state index in [0.717, 1.165) is 42.1 Å². The van der Waals surface area contributed by atoms with Crippen LogP contribution in [0, 0.1) is 31.1 Å². The van der Waals surface area contributed by atoms with Crippen LogP contribution in [0.3, 0.4) is 0 Å². The van der Waals surface area contributed by atoms with Gasteiger partial charge in [-0.05, 0) is 67.3 Å². The zero-order valence-electron chi connectivity index (χ0n) is 30.0. The van der Waals surface area contributed by atoms with Crippen molar-refractivity contribution >= 4 is 27.7 Å². The van der Waals surface area contributed by atoms with Crippen LogP contribution in [0.25, 0.3) is 11.3 Å². The molecule has 2 aliphatic heterocycles. The fourth-order valence-electron chi connectivity index (χ4n) is 7.55. The molecule has 51 heavy (non-hydrogen) atoms. The van der Waals surface area contributed by atoms with Crippen LogP contribution in [0.15, 0.2) is 65.8 Å². The van der Waals surface area contributed by atoms with Crippen LogP contribution in [0.5, 0.6) is 5.88 Å². The number of hydrogen-bond donors (Lipinski definition) is 1. The first kappa shape index (κ1) is 34.8. The molecule has 12 nitrogen and oxygen atoms in total. The molecule has 1 saturated heterocycles. The van der Waals surface area contributed by atoms with Gasteiger partial charge in [0.05, 0.1) is 47.9 Å². The molecule has 1 aliphatic carbocycles. The highest BCUT2D eigenvalue weighted by atomic mass is 32.2. The minimum Gasteiger partial charge on any atom is -0.475 e. The maximum absolute atomic E-state index is 14.6. The number of aromatic nitrogens is 4. The van der Waals surface area contributed by atoms with E-state index in [4.69, 9.17) is 14.5 Å². The second-order valence-corrected chi connectivity index (χ2v) is 16.9. The van der Waals surface area contributed by atoms with Gasteiger partial charge in [-0.1, -0.05) is 45.0 Å². The van der Waals surface area contributed by atoms with Gasteiger partial charge in [-0.15, -0.1) is 0 Å². The van der Waals surface area contributed by atoms with E-state index in [-0.39, 0.29) is 46.8 Å².